The topological polar surface area (TPSA) is 124 Å². The number of carbonyl (C=O) groups excluding carboxylic acids is 1. The van der Waals surface area contributed by atoms with Crippen LogP contribution in [0.1, 0.15) is 49.5 Å². The largest absolute Gasteiger partial charge is 0.379 e. The molecule has 0 unspecified atom stereocenters. The van der Waals surface area contributed by atoms with Crippen LogP contribution in [0.2, 0.25) is 0 Å². The quantitative estimate of drug-likeness (QED) is 0.518. The predicted molar refractivity (Wildman–Crippen MR) is 120 cm³/mol. The van der Waals surface area contributed by atoms with Crippen LogP contribution in [0.4, 0.5) is 5.69 Å². The molecule has 0 spiro atoms. The van der Waals surface area contributed by atoms with Gasteiger partial charge in [-0.15, -0.1) is 0 Å². The van der Waals surface area contributed by atoms with E-state index in [4.69, 9.17) is 17.2 Å². The molecule has 3 aromatic rings. The number of amides is 1. The van der Waals surface area contributed by atoms with E-state index in [1.807, 2.05) is 36.5 Å². The second kappa shape index (κ2) is 7.11. The van der Waals surface area contributed by atoms with Crippen LogP contribution in [0.15, 0.2) is 42.7 Å². The molecule has 1 aliphatic rings. The first-order valence-corrected chi connectivity index (χ1v) is 10.3. The molecule has 2 atom stereocenters. The van der Waals surface area contributed by atoms with E-state index in [9.17, 15) is 4.79 Å². The van der Waals surface area contributed by atoms with Crippen LogP contribution in [0.5, 0.6) is 0 Å². The maximum absolute atomic E-state index is 12.2. The van der Waals surface area contributed by atoms with Gasteiger partial charge in [-0.1, -0.05) is 38.1 Å². The molecule has 1 saturated carbocycles. The lowest BCUT2D eigenvalue weighted by Crippen LogP contribution is -2.51. The summed E-state index contributed by atoms with van der Waals surface area (Å²) < 4.78 is 1.78. The molecule has 7 heteroatoms. The number of nitrogens with two attached hydrogens (primary N) is 3. The molecule has 2 aromatic heterocycles. The van der Waals surface area contributed by atoms with Crippen LogP contribution >= 0.6 is 0 Å². The van der Waals surface area contributed by atoms with E-state index in [0.717, 1.165) is 35.0 Å². The van der Waals surface area contributed by atoms with E-state index in [0.29, 0.717) is 17.8 Å². The Labute approximate surface area is 176 Å². The molecule has 158 valence electrons. The van der Waals surface area contributed by atoms with Crippen LogP contribution in [-0.4, -0.2) is 27.1 Å². The monoisotopic (exact) mass is 406 g/mol. The lowest BCUT2D eigenvalue weighted by atomic mass is 9.75. The Morgan fingerprint density at radius 2 is 1.93 bits per heavy atom. The summed E-state index contributed by atoms with van der Waals surface area (Å²) in [5.74, 6) is -0.506. The van der Waals surface area contributed by atoms with Gasteiger partial charge in [-0.05, 0) is 37.0 Å². The first-order chi connectivity index (χ1) is 14.1. The number of benzene rings is 1. The highest BCUT2D eigenvalue weighted by Crippen LogP contribution is 2.46. The summed E-state index contributed by atoms with van der Waals surface area (Å²) in [6.07, 6.45) is 5.31. The van der Waals surface area contributed by atoms with Crippen molar-refractivity contribution in [1.82, 2.24) is 9.61 Å². The first-order valence-electron chi connectivity index (χ1n) is 10.3. The number of carbonyl (C=O) groups is 1. The molecule has 0 aliphatic heterocycles. The predicted octanol–water partition coefficient (Wildman–Crippen LogP) is 2.88. The minimum Gasteiger partial charge on any atom is -0.379 e. The molecule has 0 bridgehead atoms. The lowest BCUT2D eigenvalue weighted by molar-refractivity contribution is 0.100. The second-order valence-corrected chi connectivity index (χ2v) is 9.13. The third kappa shape index (κ3) is 3.24. The molecule has 1 aliphatic carbocycles. The van der Waals surface area contributed by atoms with Gasteiger partial charge in [0, 0.05) is 35.3 Å². The number of hydrogen-bond acceptors (Lipinski definition) is 5. The zero-order chi connectivity index (χ0) is 21.7. The zero-order valence-corrected chi connectivity index (χ0v) is 17.8. The summed E-state index contributed by atoms with van der Waals surface area (Å²) in [6, 6.07) is 10.3. The molecule has 1 amide bonds. The van der Waals surface area contributed by atoms with Crippen molar-refractivity contribution in [2.45, 2.75) is 51.7 Å². The average molecular weight is 407 g/mol. The highest BCUT2D eigenvalue weighted by molar-refractivity contribution is 6.02. The summed E-state index contributed by atoms with van der Waals surface area (Å²) in [4.78, 5) is 12.2. The lowest BCUT2D eigenvalue weighted by Gasteiger charge is -2.39. The van der Waals surface area contributed by atoms with E-state index in [1.54, 1.807) is 4.52 Å². The van der Waals surface area contributed by atoms with Crippen molar-refractivity contribution in [3.8, 4) is 11.1 Å². The molecule has 4 rings (SSSR count). The summed E-state index contributed by atoms with van der Waals surface area (Å²) >= 11 is 0. The second-order valence-electron chi connectivity index (χ2n) is 9.13. The van der Waals surface area contributed by atoms with Crippen molar-refractivity contribution >= 4 is 17.1 Å². The molecule has 1 fully saturated rings. The Morgan fingerprint density at radius 1 is 1.23 bits per heavy atom. The van der Waals surface area contributed by atoms with Gasteiger partial charge in [-0.25, -0.2) is 4.52 Å². The van der Waals surface area contributed by atoms with Crippen LogP contribution in [0, 0.1) is 5.41 Å². The number of hydrogen-bond donors (Lipinski definition) is 4. The molecule has 1 aromatic carbocycles. The average Bonchev–Trinajstić information content (AvgIpc) is 3.22. The molecule has 2 heterocycles. The highest BCUT2D eigenvalue weighted by atomic mass is 16.1. The normalized spacial score (nSPS) is 23.0. The number of rotatable bonds is 5. The van der Waals surface area contributed by atoms with Crippen molar-refractivity contribution in [1.29, 1.82) is 0 Å². The number of aromatic nitrogens is 2. The van der Waals surface area contributed by atoms with Crippen LogP contribution in [0.3, 0.4) is 0 Å². The van der Waals surface area contributed by atoms with Gasteiger partial charge in [0.05, 0.1) is 23.0 Å². The summed E-state index contributed by atoms with van der Waals surface area (Å²) in [5, 5.41) is 8.02. The Bertz CT molecular complexity index is 1100. The van der Waals surface area contributed by atoms with Crippen LogP contribution < -0.4 is 22.5 Å². The Balaban J connectivity index is 1.79. The number of nitrogens with zero attached hydrogens (tertiary/aromatic N) is 2. The van der Waals surface area contributed by atoms with Gasteiger partial charge >= 0.3 is 0 Å². The van der Waals surface area contributed by atoms with Crippen molar-refractivity contribution in [2.75, 3.05) is 5.32 Å². The Morgan fingerprint density at radius 3 is 2.50 bits per heavy atom. The molecule has 0 radical (unpaired) electrons. The SMILES string of the molecule is CC1(C)[C@H](Nc2c(C(N)=O)cnn3cc(-c4ccc(CN)cc4)cc23)CC[C@]1(C)N. The summed E-state index contributed by atoms with van der Waals surface area (Å²) in [5.41, 5.74) is 22.5. The zero-order valence-electron chi connectivity index (χ0n) is 17.8. The van der Waals surface area contributed by atoms with Gasteiger partial charge in [0.15, 0.2) is 0 Å². The molecule has 0 saturated heterocycles. The fourth-order valence-corrected chi connectivity index (χ4v) is 4.34. The van der Waals surface area contributed by atoms with E-state index in [2.05, 4.69) is 31.2 Å². The number of anilines is 1. The van der Waals surface area contributed by atoms with Crippen LogP contribution in [0.25, 0.3) is 16.6 Å². The van der Waals surface area contributed by atoms with Crippen molar-refractivity contribution in [2.24, 2.45) is 22.6 Å². The van der Waals surface area contributed by atoms with E-state index in [-0.39, 0.29) is 17.0 Å². The minimum absolute atomic E-state index is 0.110. The van der Waals surface area contributed by atoms with E-state index < -0.39 is 5.91 Å². The van der Waals surface area contributed by atoms with Gasteiger partial charge in [-0.3, -0.25) is 4.79 Å². The third-order valence-electron chi connectivity index (χ3n) is 7.04. The summed E-state index contributed by atoms with van der Waals surface area (Å²) in [6.45, 7) is 6.93. The van der Waals surface area contributed by atoms with Gasteiger partial charge in [0.25, 0.3) is 5.91 Å². The minimum atomic E-state index is -0.506. The standard InChI is InChI=1S/C23H30N6O/c1-22(2)19(8-9-23(22,3)26)28-20-17(21(25)30)12-27-29-13-16(10-18(20)29)15-6-4-14(11-24)5-7-15/h4-7,10,12-13,19,28H,8-9,11,24,26H2,1-3H3,(H2,25,30)/t19-,23+/m1/s1. The Kier molecular flexibility index (Phi) is 4.83. The molecular formula is C23H30N6O. The van der Waals surface area contributed by atoms with Gasteiger partial charge in [-0.2, -0.15) is 5.10 Å². The van der Waals surface area contributed by atoms with E-state index in [1.165, 1.54) is 6.20 Å². The van der Waals surface area contributed by atoms with E-state index >= 15 is 0 Å². The van der Waals surface area contributed by atoms with Gasteiger partial charge in [0.2, 0.25) is 0 Å². The van der Waals surface area contributed by atoms with Crippen molar-refractivity contribution in [3.63, 3.8) is 0 Å². The van der Waals surface area contributed by atoms with Gasteiger partial charge in [0.1, 0.15) is 0 Å². The number of primary amides is 1. The van der Waals surface area contributed by atoms with Crippen molar-refractivity contribution < 1.29 is 4.79 Å². The maximum Gasteiger partial charge on any atom is 0.252 e. The fourth-order valence-electron chi connectivity index (χ4n) is 4.34. The third-order valence-corrected chi connectivity index (χ3v) is 7.04. The first kappa shape index (κ1) is 20.4. The maximum atomic E-state index is 12.2. The smallest absolute Gasteiger partial charge is 0.252 e. The Hall–Kier alpha value is -2.90. The molecule has 7 nitrogen and oxygen atoms in total. The van der Waals surface area contributed by atoms with Crippen LogP contribution in [-0.2, 0) is 6.54 Å². The van der Waals surface area contributed by atoms with Gasteiger partial charge < -0.3 is 22.5 Å². The van der Waals surface area contributed by atoms with Crippen molar-refractivity contribution in [3.05, 3.63) is 53.9 Å². The molecular weight excluding hydrogens is 376 g/mol. The molecule has 30 heavy (non-hydrogen) atoms. The number of nitrogens with one attached hydrogen (secondary N) is 1. The fraction of sp³-hybridized carbons (Fsp3) is 0.391. The molecule has 7 N–H and O–H groups in total. The summed E-state index contributed by atoms with van der Waals surface area (Å²) in [7, 11) is 0. The number of fused-ring (bicyclic) bond motifs is 1. The highest BCUT2D eigenvalue weighted by Gasteiger charge is 2.49.